The normalized spacial score (nSPS) is 23.9. The van der Waals surface area contributed by atoms with Crippen molar-refractivity contribution in [2.45, 2.75) is 45.2 Å². The van der Waals surface area contributed by atoms with Gasteiger partial charge in [-0.05, 0) is 32.8 Å². The lowest BCUT2D eigenvalue weighted by Crippen LogP contribution is -2.43. The summed E-state index contributed by atoms with van der Waals surface area (Å²) in [6.07, 6.45) is 2.16. The Morgan fingerprint density at radius 1 is 1.21 bits per heavy atom. The molecule has 2 atom stereocenters. The van der Waals surface area contributed by atoms with E-state index in [0.717, 1.165) is 24.2 Å². The molecule has 0 unspecified atom stereocenters. The molecule has 2 fully saturated rings. The Bertz CT molecular complexity index is 844. The summed E-state index contributed by atoms with van der Waals surface area (Å²) < 4.78 is 1.70. The second-order valence-corrected chi connectivity index (χ2v) is 6.77. The predicted molar refractivity (Wildman–Crippen MR) is 85.5 cm³/mol. The van der Waals surface area contributed by atoms with Crippen molar-refractivity contribution in [1.82, 2.24) is 29.4 Å². The second-order valence-electron chi connectivity index (χ2n) is 6.77. The van der Waals surface area contributed by atoms with Crippen molar-refractivity contribution in [2.75, 3.05) is 13.6 Å². The van der Waals surface area contributed by atoms with E-state index in [0.29, 0.717) is 18.7 Å². The highest BCUT2D eigenvalue weighted by Gasteiger charge is 2.43. The van der Waals surface area contributed by atoms with Crippen molar-refractivity contribution >= 4 is 17.6 Å². The van der Waals surface area contributed by atoms with E-state index in [1.54, 1.807) is 16.3 Å². The third kappa shape index (κ3) is 2.16. The molecule has 0 aliphatic carbocycles. The summed E-state index contributed by atoms with van der Waals surface area (Å²) in [7, 11) is 1.80. The number of likely N-dealkylation sites (N-methyl/N-ethyl adjacent to an activating group) is 1. The van der Waals surface area contributed by atoms with Crippen LogP contribution in [0.2, 0.25) is 0 Å². The molecule has 2 aliphatic rings. The summed E-state index contributed by atoms with van der Waals surface area (Å²) in [5, 5.41) is 8.16. The fourth-order valence-electron chi connectivity index (χ4n) is 3.93. The Labute approximate surface area is 139 Å². The van der Waals surface area contributed by atoms with Gasteiger partial charge >= 0.3 is 0 Å². The molecule has 2 aliphatic heterocycles. The largest absolute Gasteiger partial charge is 0.344 e. The SMILES string of the molecule is Cc1cc(C)n2c(C(=O)N3[C@@H]4CC[C@H]3CN(C)C(=O)C4)nnc2n1. The zero-order valence-electron chi connectivity index (χ0n) is 14.1. The first-order valence-corrected chi connectivity index (χ1v) is 8.21. The van der Waals surface area contributed by atoms with E-state index in [-0.39, 0.29) is 29.7 Å². The van der Waals surface area contributed by atoms with Crippen molar-refractivity contribution in [3.63, 3.8) is 0 Å². The van der Waals surface area contributed by atoms with Crippen LogP contribution in [-0.2, 0) is 4.79 Å². The van der Waals surface area contributed by atoms with Crippen LogP contribution in [0.15, 0.2) is 6.07 Å². The van der Waals surface area contributed by atoms with E-state index in [9.17, 15) is 9.59 Å². The number of carbonyl (C=O) groups excluding carboxylic acids is 2. The Balaban J connectivity index is 1.75. The van der Waals surface area contributed by atoms with Crippen molar-refractivity contribution in [3.8, 4) is 0 Å². The van der Waals surface area contributed by atoms with Gasteiger partial charge in [0, 0.05) is 37.4 Å². The summed E-state index contributed by atoms with van der Waals surface area (Å²) in [5.74, 6) is 0.654. The van der Waals surface area contributed by atoms with Gasteiger partial charge < -0.3 is 9.80 Å². The Hall–Kier alpha value is -2.51. The molecule has 8 nitrogen and oxygen atoms in total. The first-order chi connectivity index (χ1) is 11.5. The van der Waals surface area contributed by atoms with E-state index in [2.05, 4.69) is 15.2 Å². The van der Waals surface area contributed by atoms with E-state index in [1.807, 2.05) is 24.8 Å². The van der Waals surface area contributed by atoms with Crippen LogP contribution < -0.4 is 0 Å². The molecule has 0 N–H and O–H groups in total. The molecular formula is C16H20N6O2. The van der Waals surface area contributed by atoms with Gasteiger partial charge in [0.1, 0.15) is 0 Å². The smallest absolute Gasteiger partial charge is 0.292 e. The molecule has 24 heavy (non-hydrogen) atoms. The van der Waals surface area contributed by atoms with Crippen molar-refractivity contribution in [3.05, 3.63) is 23.3 Å². The van der Waals surface area contributed by atoms with Crippen LogP contribution >= 0.6 is 0 Å². The van der Waals surface area contributed by atoms with Crippen LogP contribution in [0.5, 0.6) is 0 Å². The van der Waals surface area contributed by atoms with Crippen LogP contribution in [0.25, 0.3) is 5.78 Å². The molecular weight excluding hydrogens is 308 g/mol. The predicted octanol–water partition coefficient (Wildman–Crippen LogP) is 0.576. The van der Waals surface area contributed by atoms with Crippen molar-refractivity contribution in [2.24, 2.45) is 0 Å². The van der Waals surface area contributed by atoms with Gasteiger partial charge in [-0.3, -0.25) is 14.0 Å². The molecule has 2 amide bonds. The van der Waals surface area contributed by atoms with Gasteiger partial charge in [0.15, 0.2) is 0 Å². The quantitative estimate of drug-likeness (QED) is 0.764. The standard InChI is InChI=1S/C16H20N6O2/c1-9-6-10(2)21-14(18-19-16(21)17-9)15(24)22-11-4-5-12(22)8-20(3)13(23)7-11/h6,11-12H,4-5,7-8H2,1-3H3/t11-,12+/m1/s1. The van der Waals surface area contributed by atoms with Gasteiger partial charge in [-0.25, -0.2) is 4.98 Å². The molecule has 2 bridgehead atoms. The minimum atomic E-state index is -0.160. The molecule has 2 aromatic heterocycles. The molecule has 2 saturated heterocycles. The molecule has 0 radical (unpaired) electrons. The Morgan fingerprint density at radius 2 is 1.96 bits per heavy atom. The monoisotopic (exact) mass is 328 g/mol. The lowest BCUT2D eigenvalue weighted by Gasteiger charge is -2.27. The van der Waals surface area contributed by atoms with Crippen LogP contribution in [0.4, 0.5) is 0 Å². The van der Waals surface area contributed by atoms with Gasteiger partial charge in [0.05, 0.1) is 6.04 Å². The minimum Gasteiger partial charge on any atom is -0.344 e. The molecule has 8 heteroatoms. The van der Waals surface area contributed by atoms with Crippen LogP contribution in [-0.4, -0.2) is 66.9 Å². The fraction of sp³-hybridized carbons (Fsp3) is 0.562. The molecule has 126 valence electrons. The first kappa shape index (κ1) is 15.0. The highest BCUT2D eigenvalue weighted by molar-refractivity contribution is 5.93. The van der Waals surface area contributed by atoms with Gasteiger partial charge in [-0.1, -0.05) is 0 Å². The molecule has 4 rings (SSSR count). The molecule has 0 spiro atoms. The third-order valence-corrected chi connectivity index (χ3v) is 5.06. The first-order valence-electron chi connectivity index (χ1n) is 8.21. The number of amides is 2. The summed E-state index contributed by atoms with van der Waals surface area (Å²) in [4.78, 5) is 33.2. The third-order valence-electron chi connectivity index (χ3n) is 5.06. The number of fused-ring (bicyclic) bond motifs is 3. The number of rotatable bonds is 1. The van der Waals surface area contributed by atoms with Gasteiger partial charge in [-0.15, -0.1) is 10.2 Å². The molecule has 4 heterocycles. The lowest BCUT2D eigenvalue weighted by molar-refractivity contribution is -0.130. The number of nitrogens with zero attached hydrogens (tertiary/aromatic N) is 6. The summed E-state index contributed by atoms with van der Waals surface area (Å²) in [5.41, 5.74) is 1.72. The minimum absolute atomic E-state index is 0.0463. The summed E-state index contributed by atoms with van der Waals surface area (Å²) in [6, 6.07) is 1.90. The zero-order valence-corrected chi connectivity index (χ0v) is 14.1. The van der Waals surface area contributed by atoms with Crippen molar-refractivity contribution < 1.29 is 9.59 Å². The molecule has 0 saturated carbocycles. The number of aromatic nitrogens is 4. The Morgan fingerprint density at radius 3 is 2.75 bits per heavy atom. The second kappa shape index (κ2) is 5.25. The van der Waals surface area contributed by atoms with Gasteiger partial charge in [-0.2, -0.15) is 0 Å². The average molecular weight is 328 g/mol. The maximum Gasteiger partial charge on any atom is 0.292 e. The summed E-state index contributed by atoms with van der Waals surface area (Å²) in [6.45, 7) is 4.38. The van der Waals surface area contributed by atoms with Gasteiger partial charge in [0.25, 0.3) is 11.7 Å². The number of likely N-dealkylation sites (tertiary alicyclic amines) is 1. The Kier molecular flexibility index (Phi) is 3.29. The topological polar surface area (TPSA) is 83.7 Å². The number of carbonyl (C=O) groups is 2. The molecule has 0 aromatic carbocycles. The van der Waals surface area contributed by atoms with Crippen molar-refractivity contribution in [1.29, 1.82) is 0 Å². The number of hydrogen-bond acceptors (Lipinski definition) is 5. The number of aryl methyl sites for hydroxylation is 2. The molecule has 2 aromatic rings. The van der Waals surface area contributed by atoms with Gasteiger partial charge in [0.2, 0.25) is 11.7 Å². The zero-order chi connectivity index (χ0) is 17.0. The fourth-order valence-corrected chi connectivity index (χ4v) is 3.93. The summed E-state index contributed by atoms with van der Waals surface area (Å²) >= 11 is 0. The highest BCUT2D eigenvalue weighted by Crippen LogP contribution is 2.31. The van der Waals surface area contributed by atoms with Crippen LogP contribution in [0.3, 0.4) is 0 Å². The maximum atomic E-state index is 13.2. The van der Waals surface area contributed by atoms with Crippen LogP contribution in [0, 0.1) is 13.8 Å². The van der Waals surface area contributed by atoms with E-state index < -0.39 is 0 Å². The average Bonchev–Trinajstić information content (AvgIpc) is 3.07. The highest BCUT2D eigenvalue weighted by atomic mass is 16.2. The van der Waals surface area contributed by atoms with E-state index in [4.69, 9.17) is 0 Å². The number of hydrogen-bond donors (Lipinski definition) is 0. The van der Waals surface area contributed by atoms with E-state index in [1.165, 1.54) is 0 Å². The van der Waals surface area contributed by atoms with Crippen LogP contribution in [0.1, 0.15) is 41.3 Å². The van der Waals surface area contributed by atoms with E-state index >= 15 is 0 Å². The lowest BCUT2D eigenvalue weighted by atomic mass is 10.1. The maximum absolute atomic E-state index is 13.2.